The number of amides is 2. The lowest BCUT2D eigenvalue weighted by atomic mass is 9.79. The lowest BCUT2D eigenvalue weighted by molar-refractivity contribution is -0.127. The van der Waals surface area contributed by atoms with Gasteiger partial charge in [0.25, 0.3) is 5.91 Å². The monoisotopic (exact) mass is 433 g/mol. The van der Waals surface area contributed by atoms with Crippen LogP contribution in [-0.2, 0) is 16.6 Å². The van der Waals surface area contributed by atoms with Crippen molar-refractivity contribution in [2.24, 2.45) is 0 Å². The van der Waals surface area contributed by atoms with E-state index in [1.807, 2.05) is 54.6 Å². The van der Waals surface area contributed by atoms with E-state index in [9.17, 15) is 14.0 Å². The summed E-state index contributed by atoms with van der Waals surface area (Å²) < 4.78 is 14.9. The molecule has 1 aromatic heterocycles. The molecular weight excluding hydrogens is 413 g/mol. The van der Waals surface area contributed by atoms with Crippen LogP contribution in [-0.4, -0.2) is 16.8 Å². The number of rotatable bonds is 5. The van der Waals surface area contributed by atoms with Crippen LogP contribution in [0.3, 0.4) is 0 Å². The fraction of sp³-hybridized carbons (Fsp3) is 0.125. The van der Waals surface area contributed by atoms with Crippen molar-refractivity contribution >= 4 is 33.4 Å². The maximum absolute atomic E-state index is 13.9. The lowest BCUT2D eigenvalue weighted by Gasteiger charge is -2.28. The van der Waals surface area contributed by atoms with Gasteiger partial charge < -0.3 is 0 Å². The Kier molecular flexibility index (Phi) is 5.77. The van der Waals surface area contributed by atoms with Gasteiger partial charge in [0, 0.05) is 6.42 Å². The molecule has 1 heterocycles. The number of halogens is 1. The van der Waals surface area contributed by atoms with Crippen LogP contribution in [0.5, 0.6) is 0 Å². The molecule has 0 spiro atoms. The zero-order valence-electron chi connectivity index (χ0n) is 16.8. The van der Waals surface area contributed by atoms with Crippen LogP contribution in [0.1, 0.15) is 27.9 Å². The summed E-state index contributed by atoms with van der Waals surface area (Å²) in [5, 5.41) is 0.808. The molecule has 1 atom stereocenters. The van der Waals surface area contributed by atoms with Gasteiger partial charge in [0.15, 0.2) is 0 Å². The number of aromatic nitrogens is 1. The maximum Gasteiger partial charge on any atom is 0.272 e. The van der Waals surface area contributed by atoms with Crippen molar-refractivity contribution in [3.63, 3.8) is 0 Å². The van der Waals surface area contributed by atoms with Gasteiger partial charge >= 0.3 is 0 Å². The van der Waals surface area contributed by atoms with Gasteiger partial charge in [-0.1, -0.05) is 54.6 Å². The molecule has 0 aliphatic carbocycles. The molecule has 0 radical (unpaired) electrons. The van der Waals surface area contributed by atoms with E-state index in [1.54, 1.807) is 13.0 Å². The van der Waals surface area contributed by atoms with Crippen molar-refractivity contribution in [3.05, 3.63) is 101 Å². The largest absolute Gasteiger partial charge is 0.272 e. The standard InChI is InChI=1S/C24H20FN3O2S/c1-24(16-9-3-2-4-10-16,15-21-26-19-13-7-8-14-20(19)31-21)23(30)28-27-22(29)17-11-5-6-12-18(17)25/h2-14H,15H2,1H3,(H,27,29)(H,28,30). The number of nitrogens with zero attached hydrogens (tertiary/aromatic N) is 1. The highest BCUT2D eigenvalue weighted by Crippen LogP contribution is 2.32. The third-order valence-electron chi connectivity index (χ3n) is 5.16. The molecular formula is C24H20FN3O2S. The molecule has 2 amide bonds. The molecule has 0 fully saturated rings. The Morgan fingerprint density at radius 2 is 1.61 bits per heavy atom. The molecule has 1 unspecified atom stereocenters. The van der Waals surface area contributed by atoms with Gasteiger partial charge in [0.1, 0.15) is 5.82 Å². The van der Waals surface area contributed by atoms with E-state index in [4.69, 9.17) is 0 Å². The third kappa shape index (κ3) is 4.32. The van der Waals surface area contributed by atoms with E-state index in [1.165, 1.54) is 29.5 Å². The molecule has 0 saturated carbocycles. The first-order valence-corrected chi connectivity index (χ1v) is 10.5. The molecule has 31 heavy (non-hydrogen) atoms. The number of carbonyl (C=O) groups is 2. The number of hydrogen-bond acceptors (Lipinski definition) is 4. The second-order valence-electron chi connectivity index (χ2n) is 7.34. The predicted molar refractivity (Wildman–Crippen MR) is 119 cm³/mol. The van der Waals surface area contributed by atoms with Crippen molar-refractivity contribution < 1.29 is 14.0 Å². The summed E-state index contributed by atoms with van der Waals surface area (Å²) in [6.45, 7) is 1.80. The normalized spacial score (nSPS) is 12.8. The second kappa shape index (κ2) is 8.65. The molecule has 5 nitrogen and oxygen atoms in total. The summed E-state index contributed by atoms with van der Waals surface area (Å²) in [5.41, 5.74) is 5.32. The minimum atomic E-state index is -1.00. The fourth-order valence-electron chi connectivity index (χ4n) is 3.38. The van der Waals surface area contributed by atoms with Crippen LogP contribution < -0.4 is 10.9 Å². The van der Waals surface area contributed by atoms with Crippen LogP contribution in [0.2, 0.25) is 0 Å². The van der Waals surface area contributed by atoms with E-state index >= 15 is 0 Å². The topological polar surface area (TPSA) is 71.1 Å². The predicted octanol–water partition coefficient (Wildman–Crippen LogP) is 4.40. The van der Waals surface area contributed by atoms with E-state index in [0.29, 0.717) is 6.42 Å². The van der Waals surface area contributed by atoms with Gasteiger partial charge in [-0.2, -0.15) is 0 Å². The maximum atomic E-state index is 13.9. The van der Waals surface area contributed by atoms with Gasteiger partial charge in [-0.25, -0.2) is 9.37 Å². The third-order valence-corrected chi connectivity index (χ3v) is 6.20. The van der Waals surface area contributed by atoms with Crippen LogP contribution in [0.25, 0.3) is 10.2 Å². The number of nitrogens with one attached hydrogen (secondary N) is 2. The van der Waals surface area contributed by atoms with Crippen LogP contribution in [0.15, 0.2) is 78.9 Å². The Morgan fingerprint density at radius 3 is 2.35 bits per heavy atom. The number of fused-ring (bicyclic) bond motifs is 1. The first-order chi connectivity index (χ1) is 15.0. The summed E-state index contributed by atoms with van der Waals surface area (Å²) in [5.74, 6) is -1.79. The highest BCUT2D eigenvalue weighted by molar-refractivity contribution is 7.18. The molecule has 2 N–H and O–H groups in total. The molecule has 156 valence electrons. The summed E-state index contributed by atoms with van der Waals surface area (Å²) in [6.07, 6.45) is 0.345. The summed E-state index contributed by atoms with van der Waals surface area (Å²) >= 11 is 1.53. The average Bonchev–Trinajstić information content (AvgIpc) is 3.20. The number of hydrazine groups is 1. The number of thiazole rings is 1. The highest BCUT2D eigenvalue weighted by atomic mass is 32.1. The first kappa shape index (κ1) is 20.7. The number of hydrogen-bond donors (Lipinski definition) is 2. The van der Waals surface area contributed by atoms with Gasteiger partial charge in [-0.15, -0.1) is 11.3 Å². The second-order valence-corrected chi connectivity index (χ2v) is 8.45. The van der Waals surface area contributed by atoms with Crippen molar-refractivity contribution in [1.82, 2.24) is 15.8 Å². The van der Waals surface area contributed by atoms with Gasteiger partial charge in [0.2, 0.25) is 5.91 Å². The van der Waals surface area contributed by atoms with Gasteiger partial charge in [-0.3, -0.25) is 20.4 Å². The van der Waals surface area contributed by atoms with Crippen LogP contribution in [0.4, 0.5) is 4.39 Å². The van der Waals surface area contributed by atoms with E-state index in [0.717, 1.165) is 20.8 Å². The fourth-order valence-corrected chi connectivity index (χ4v) is 4.51. The number of benzene rings is 3. The smallest absolute Gasteiger partial charge is 0.272 e. The summed E-state index contributed by atoms with van der Waals surface area (Å²) in [6, 6.07) is 22.7. The molecule has 3 aromatic carbocycles. The molecule has 4 rings (SSSR count). The first-order valence-electron chi connectivity index (χ1n) is 9.73. The molecule has 4 aromatic rings. The highest BCUT2D eigenvalue weighted by Gasteiger charge is 2.37. The van der Waals surface area contributed by atoms with Gasteiger partial charge in [0.05, 0.1) is 26.2 Å². The molecule has 0 aliphatic heterocycles. The Hall–Kier alpha value is -3.58. The molecule has 0 saturated heterocycles. The summed E-state index contributed by atoms with van der Waals surface area (Å²) in [4.78, 5) is 30.3. The van der Waals surface area contributed by atoms with Crippen molar-refractivity contribution in [2.75, 3.05) is 0 Å². The van der Waals surface area contributed by atoms with Crippen molar-refractivity contribution in [3.8, 4) is 0 Å². The summed E-state index contributed by atoms with van der Waals surface area (Å²) in [7, 11) is 0. The Bertz CT molecular complexity index is 1210. The minimum absolute atomic E-state index is 0.143. The SMILES string of the molecule is CC(Cc1nc2ccccc2s1)(C(=O)NNC(=O)c1ccccc1F)c1ccccc1. The quantitative estimate of drug-likeness (QED) is 0.459. The minimum Gasteiger partial charge on any atom is -0.272 e. The zero-order valence-corrected chi connectivity index (χ0v) is 17.6. The van der Waals surface area contributed by atoms with Crippen LogP contribution >= 0.6 is 11.3 Å². The molecule has 7 heteroatoms. The average molecular weight is 434 g/mol. The van der Waals surface area contributed by atoms with E-state index < -0.39 is 23.0 Å². The number of carbonyl (C=O) groups excluding carboxylic acids is 2. The van der Waals surface area contributed by atoms with Crippen molar-refractivity contribution in [1.29, 1.82) is 0 Å². The van der Waals surface area contributed by atoms with E-state index in [2.05, 4.69) is 15.8 Å². The van der Waals surface area contributed by atoms with Crippen molar-refractivity contribution in [2.45, 2.75) is 18.8 Å². The molecule has 0 bridgehead atoms. The lowest BCUT2D eigenvalue weighted by Crippen LogP contribution is -2.51. The van der Waals surface area contributed by atoms with Gasteiger partial charge in [-0.05, 0) is 36.8 Å². The molecule has 0 aliphatic rings. The van der Waals surface area contributed by atoms with Crippen LogP contribution in [0, 0.1) is 5.82 Å². The van der Waals surface area contributed by atoms with E-state index in [-0.39, 0.29) is 5.56 Å². The zero-order chi connectivity index (χ0) is 21.8. The number of para-hydroxylation sites is 1. The Morgan fingerprint density at radius 1 is 0.935 bits per heavy atom. The Balaban J connectivity index is 1.59. The Labute approximate surface area is 182 Å².